The van der Waals surface area contributed by atoms with Gasteiger partial charge in [0.05, 0.1) is 6.20 Å². The van der Waals surface area contributed by atoms with E-state index in [0.29, 0.717) is 12.0 Å². The molecule has 0 atom stereocenters. The van der Waals surface area contributed by atoms with E-state index in [1.165, 1.54) is 12.4 Å². The number of aromatic nitrogens is 2. The van der Waals surface area contributed by atoms with Crippen molar-refractivity contribution in [2.45, 2.75) is 19.3 Å². The average Bonchev–Trinajstić information content (AvgIpc) is 2.52. The second kappa shape index (κ2) is 3.96. The Kier molecular flexibility index (Phi) is 2.63. The van der Waals surface area contributed by atoms with Gasteiger partial charge in [-0.25, -0.2) is 0 Å². The minimum absolute atomic E-state index is 0.446. The lowest BCUT2D eigenvalue weighted by Crippen LogP contribution is -2.70. The Labute approximate surface area is 103 Å². The van der Waals surface area contributed by atoms with Gasteiger partial charge in [-0.2, -0.15) is 18.3 Å². The van der Waals surface area contributed by atoms with E-state index in [9.17, 15) is 13.2 Å². The van der Waals surface area contributed by atoms with Crippen LogP contribution in [0.25, 0.3) is 0 Å². The SMILES string of the molecule is FC(F)(F)Cn1cc(CN2CC3(CNC3)C2)cn1. The summed E-state index contributed by atoms with van der Waals surface area (Å²) in [6, 6.07) is 0. The van der Waals surface area contributed by atoms with Crippen molar-refractivity contribution in [3.63, 3.8) is 0 Å². The van der Waals surface area contributed by atoms with Gasteiger partial charge in [-0.1, -0.05) is 0 Å². The molecule has 1 aromatic heterocycles. The summed E-state index contributed by atoms with van der Waals surface area (Å²) in [5.74, 6) is 0. The van der Waals surface area contributed by atoms with Crippen molar-refractivity contribution in [1.82, 2.24) is 20.0 Å². The van der Waals surface area contributed by atoms with E-state index in [4.69, 9.17) is 0 Å². The fraction of sp³-hybridized carbons (Fsp3) is 0.727. The van der Waals surface area contributed by atoms with E-state index in [-0.39, 0.29) is 0 Å². The zero-order chi connectivity index (χ0) is 12.8. The van der Waals surface area contributed by atoms with Gasteiger partial charge >= 0.3 is 6.18 Å². The molecule has 0 saturated carbocycles. The number of likely N-dealkylation sites (tertiary alicyclic amines) is 1. The van der Waals surface area contributed by atoms with Crippen molar-refractivity contribution in [2.75, 3.05) is 26.2 Å². The van der Waals surface area contributed by atoms with Gasteiger partial charge in [-0.15, -0.1) is 0 Å². The fourth-order valence-corrected chi connectivity index (χ4v) is 2.73. The molecular weight excluding hydrogens is 245 g/mol. The number of hydrogen-bond acceptors (Lipinski definition) is 3. The minimum Gasteiger partial charge on any atom is -0.315 e. The Balaban J connectivity index is 1.52. The molecule has 1 N–H and O–H groups in total. The zero-order valence-corrected chi connectivity index (χ0v) is 9.87. The van der Waals surface area contributed by atoms with Gasteiger partial charge in [0.1, 0.15) is 6.54 Å². The van der Waals surface area contributed by atoms with Crippen molar-refractivity contribution < 1.29 is 13.2 Å². The van der Waals surface area contributed by atoms with E-state index in [2.05, 4.69) is 15.3 Å². The van der Waals surface area contributed by atoms with Crippen LogP contribution in [0.15, 0.2) is 12.4 Å². The summed E-state index contributed by atoms with van der Waals surface area (Å²) in [5.41, 5.74) is 1.29. The third-order valence-corrected chi connectivity index (χ3v) is 3.55. The minimum atomic E-state index is -4.21. The highest BCUT2D eigenvalue weighted by atomic mass is 19.4. The molecule has 2 aliphatic rings. The fourth-order valence-electron chi connectivity index (χ4n) is 2.73. The topological polar surface area (TPSA) is 33.1 Å². The standard InChI is InChI=1S/C11H15F3N4/c12-11(13,14)8-18-3-9(1-16-18)2-17-6-10(7-17)4-15-5-10/h1,3,15H,2,4-8H2. The van der Waals surface area contributed by atoms with E-state index in [1.807, 2.05) is 0 Å². The Morgan fingerprint density at radius 3 is 2.61 bits per heavy atom. The molecule has 4 nitrogen and oxygen atoms in total. The molecule has 2 fully saturated rings. The molecule has 2 saturated heterocycles. The van der Waals surface area contributed by atoms with Gasteiger partial charge in [-0.3, -0.25) is 9.58 Å². The number of nitrogens with zero attached hydrogens (tertiary/aromatic N) is 3. The molecule has 0 aliphatic carbocycles. The monoisotopic (exact) mass is 260 g/mol. The van der Waals surface area contributed by atoms with Crippen molar-refractivity contribution in [3.8, 4) is 0 Å². The summed E-state index contributed by atoms with van der Waals surface area (Å²) >= 11 is 0. The molecule has 3 rings (SSSR count). The Bertz CT molecular complexity index is 428. The highest BCUT2D eigenvalue weighted by Gasteiger charge is 2.47. The molecule has 2 aliphatic heterocycles. The first-order valence-electron chi connectivity index (χ1n) is 5.95. The number of rotatable bonds is 3. The maximum absolute atomic E-state index is 12.2. The van der Waals surface area contributed by atoms with Crippen LogP contribution < -0.4 is 5.32 Å². The number of alkyl halides is 3. The van der Waals surface area contributed by atoms with Crippen molar-refractivity contribution in [2.24, 2.45) is 5.41 Å². The highest BCUT2D eigenvalue weighted by molar-refractivity contribution is 5.09. The van der Waals surface area contributed by atoms with Crippen LogP contribution in [0, 0.1) is 5.41 Å². The Morgan fingerprint density at radius 1 is 1.33 bits per heavy atom. The van der Waals surface area contributed by atoms with E-state index < -0.39 is 12.7 Å². The van der Waals surface area contributed by atoms with Crippen LogP contribution in [0.4, 0.5) is 13.2 Å². The zero-order valence-electron chi connectivity index (χ0n) is 9.87. The van der Waals surface area contributed by atoms with Crippen LogP contribution in [-0.2, 0) is 13.1 Å². The molecule has 1 spiro atoms. The molecule has 3 heterocycles. The molecule has 0 amide bonds. The van der Waals surface area contributed by atoms with Gasteiger partial charge in [0.25, 0.3) is 0 Å². The molecule has 0 aromatic carbocycles. The first-order valence-corrected chi connectivity index (χ1v) is 5.95. The van der Waals surface area contributed by atoms with Crippen molar-refractivity contribution in [1.29, 1.82) is 0 Å². The van der Waals surface area contributed by atoms with Crippen LogP contribution in [0.5, 0.6) is 0 Å². The lowest BCUT2D eigenvalue weighted by atomic mass is 9.74. The summed E-state index contributed by atoms with van der Waals surface area (Å²) in [5, 5.41) is 6.99. The largest absolute Gasteiger partial charge is 0.408 e. The average molecular weight is 260 g/mol. The summed E-state index contributed by atoms with van der Waals surface area (Å²) in [6.07, 6.45) is -1.20. The molecule has 100 valence electrons. The Morgan fingerprint density at radius 2 is 2.06 bits per heavy atom. The number of halogens is 3. The second-order valence-electron chi connectivity index (χ2n) is 5.41. The van der Waals surface area contributed by atoms with Gasteiger partial charge in [-0.05, 0) is 0 Å². The number of hydrogen-bond donors (Lipinski definition) is 1. The lowest BCUT2D eigenvalue weighted by molar-refractivity contribution is -0.142. The van der Waals surface area contributed by atoms with Gasteiger partial charge in [0.2, 0.25) is 0 Å². The number of nitrogens with one attached hydrogen (secondary N) is 1. The van der Waals surface area contributed by atoms with Crippen LogP contribution in [-0.4, -0.2) is 47.0 Å². The van der Waals surface area contributed by atoms with Crippen LogP contribution in [0.3, 0.4) is 0 Å². The van der Waals surface area contributed by atoms with Crippen molar-refractivity contribution >= 4 is 0 Å². The van der Waals surface area contributed by atoms with Crippen LogP contribution in [0.2, 0.25) is 0 Å². The Hall–Kier alpha value is -1.08. The maximum atomic E-state index is 12.2. The maximum Gasteiger partial charge on any atom is 0.408 e. The molecular formula is C11H15F3N4. The van der Waals surface area contributed by atoms with E-state index in [0.717, 1.165) is 36.4 Å². The van der Waals surface area contributed by atoms with Crippen molar-refractivity contribution in [3.05, 3.63) is 18.0 Å². The van der Waals surface area contributed by atoms with Gasteiger partial charge < -0.3 is 5.32 Å². The quantitative estimate of drug-likeness (QED) is 0.874. The predicted molar refractivity (Wildman–Crippen MR) is 58.9 cm³/mol. The van der Waals surface area contributed by atoms with E-state index in [1.54, 1.807) is 0 Å². The van der Waals surface area contributed by atoms with Gasteiger partial charge in [0, 0.05) is 49.9 Å². The van der Waals surface area contributed by atoms with E-state index >= 15 is 0 Å². The summed E-state index contributed by atoms with van der Waals surface area (Å²) in [7, 11) is 0. The molecule has 7 heteroatoms. The third-order valence-electron chi connectivity index (χ3n) is 3.55. The first-order chi connectivity index (χ1) is 8.44. The lowest BCUT2D eigenvalue weighted by Gasteiger charge is -2.56. The normalized spacial score (nSPS) is 22.8. The predicted octanol–water partition coefficient (Wildman–Crippen LogP) is 0.851. The summed E-state index contributed by atoms with van der Waals surface area (Å²) < 4.78 is 37.5. The van der Waals surface area contributed by atoms with Crippen LogP contribution in [0.1, 0.15) is 5.56 Å². The molecule has 18 heavy (non-hydrogen) atoms. The summed E-state index contributed by atoms with van der Waals surface area (Å²) in [4.78, 5) is 2.25. The highest BCUT2D eigenvalue weighted by Crippen LogP contribution is 2.34. The third kappa shape index (κ3) is 2.37. The smallest absolute Gasteiger partial charge is 0.315 e. The first kappa shape index (κ1) is 12.0. The summed E-state index contributed by atoms with van der Waals surface area (Å²) in [6.45, 7) is 3.88. The molecule has 0 unspecified atom stereocenters. The molecule has 0 bridgehead atoms. The molecule has 1 aromatic rings. The van der Waals surface area contributed by atoms with Crippen LogP contribution >= 0.6 is 0 Å². The second-order valence-corrected chi connectivity index (χ2v) is 5.41. The molecule has 0 radical (unpaired) electrons. The van der Waals surface area contributed by atoms with Gasteiger partial charge in [0.15, 0.2) is 0 Å².